The van der Waals surface area contributed by atoms with Crippen molar-refractivity contribution in [3.8, 4) is 0 Å². The summed E-state index contributed by atoms with van der Waals surface area (Å²) in [5.74, 6) is -1.25. The number of hydrogen-bond acceptors (Lipinski definition) is 2. The Bertz CT molecular complexity index is 472. The van der Waals surface area contributed by atoms with Crippen LogP contribution in [0.2, 0.25) is 0 Å². The van der Waals surface area contributed by atoms with Gasteiger partial charge in [-0.3, -0.25) is 4.79 Å². The quantitative estimate of drug-likeness (QED) is 0.810. The van der Waals surface area contributed by atoms with E-state index < -0.39 is 17.5 Å². The number of nitrogens with two attached hydrogens (primary N) is 1. The van der Waals surface area contributed by atoms with Crippen LogP contribution in [0.5, 0.6) is 0 Å². The molecule has 0 radical (unpaired) electrons. The fourth-order valence-electron chi connectivity index (χ4n) is 1.92. The molecule has 3 N–H and O–H groups in total. The Morgan fingerprint density at radius 1 is 1.44 bits per heavy atom. The SMILES string of the molecule is CC(CNC(=O)c1cc(N)c(F)cc1F)C1CC1. The first-order chi connectivity index (χ1) is 8.49. The van der Waals surface area contributed by atoms with E-state index in [1.807, 2.05) is 6.92 Å². The summed E-state index contributed by atoms with van der Waals surface area (Å²) in [5, 5.41) is 2.65. The first-order valence-corrected chi connectivity index (χ1v) is 6.01. The summed E-state index contributed by atoms with van der Waals surface area (Å²) in [6, 6.07) is 1.66. The predicted octanol–water partition coefficient (Wildman–Crippen LogP) is 2.32. The highest BCUT2D eigenvalue weighted by Crippen LogP contribution is 2.36. The van der Waals surface area contributed by atoms with Gasteiger partial charge in [-0.2, -0.15) is 0 Å². The maximum absolute atomic E-state index is 13.4. The number of nitrogen functional groups attached to an aromatic ring is 1. The zero-order valence-electron chi connectivity index (χ0n) is 10.2. The number of rotatable bonds is 4. The molecule has 0 aromatic heterocycles. The molecule has 1 atom stereocenters. The van der Waals surface area contributed by atoms with Crippen molar-refractivity contribution in [2.75, 3.05) is 12.3 Å². The second-order valence-electron chi connectivity index (χ2n) is 4.88. The number of carbonyl (C=O) groups excluding carboxylic acids is 1. The summed E-state index contributed by atoms with van der Waals surface area (Å²) in [4.78, 5) is 11.7. The van der Waals surface area contributed by atoms with Crippen molar-refractivity contribution in [1.29, 1.82) is 0 Å². The molecule has 1 fully saturated rings. The van der Waals surface area contributed by atoms with Crippen LogP contribution in [-0.2, 0) is 0 Å². The monoisotopic (exact) mass is 254 g/mol. The van der Waals surface area contributed by atoms with E-state index in [0.717, 1.165) is 6.07 Å². The van der Waals surface area contributed by atoms with Crippen LogP contribution in [-0.4, -0.2) is 12.5 Å². The highest BCUT2D eigenvalue weighted by molar-refractivity contribution is 5.95. The molecular weight excluding hydrogens is 238 g/mol. The molecule has 5 heteroatoms. The zero-order valence-corrected chi connectivity index (χ0v) is 10.2. The Morgan fingerprint density at radius 2 is 2.11 bits per heavy atom. The summed E-state index contributed by atoms with van der Waals surface area (Å²) >= 11 is 0. The Kier molecular flexibility index (Phi) is 3.50. The average molecular weight is 254 g/mol. The predicted molar refractivity (Wildman–Crippen MR) is 65.0 cm³/mol. The van der Waals surface area contributed by atoms with Crippen molar-refractivity contribution in [2.24, 2.45) is 11.8 Å². The molecule has 1 aliphatic rings. The Morgan fingerprint density at radius 3 is 2.72 bits per heavy atom. The maximum Gasteiger partial charge on any atom is 0.254 e. The van der Waals surface area contributed by atoms with Crippen LogP contribution in [0.1, 0.15) is 30.1 Å². The Balaban J connectivity index is 2.01. The van der Waals surface area contributed by atoms with Crippen LogP contribution in [0, 0.1) is 23.5 Å². The molecule has 0 bridgehead atoms. The Hall–Kier alpha value is -1.65. The van der Waals surface area contributed by atoms with Crippen LogP contribution in [0.3, 0.4) is 0 Å². The van der Waals surface area contributed by atoms with Crippen molar-refractivity contribution < 1.29 is 13.6 Å². The summed E-state index contributed by atoms with van der Waals surface area (Å²) in [5.41, 5.74) is 4.88. The lowest BCUT2D eigenvalue weighted by atomic mass is 10.1. The van der Waals surface area contributed by atoms with Crippen LogP contribution >= 0.6 is 0 Å². The van der Waals surface area contributed by atoms with Crippen molar-refractivity contribution in [3.63, 3.8) is 0 Å². The number of carbonyl (C=O) groups is 1. The van der Waals surface area contributed by atoms with Gasteiger partial charge in [-0.25, -0.2) is 8.78 Å². The van der Waals surface area contributed by atoms with Gasteiger partial charge in [-0.1, -0.05) is 6.92 Å². The molecule has 18 heavy (non-hydrogen) atoms. The lowest BCUT2D eigenvalue weighted by molar-refractivity contribution is 0.0942. The summed E-state index contributed by atoms with van der Waals surface area (Å²) < 4.78 is 26.4. The van der Waals surface area contributed by atoms with Gasteiger partial charge < -0.3 is 11.1 Å². The molecule has 1 aromatic carbocycles. The third kappa shape index (κ3) is 2.78. The number of hydrogen-bond donors (Lipinski definition) is 2. The number of benzene rings is 1. The van der Waals surface area contributed by atoms with E-state index >= 15 is 0 Å². The second-order valence-corrected chi connectivity index (χ2v) is 4.88. The molecule has 1 aromatic rings. The van der Waals surface area contributed by atoms with Crippen LogP contribution < -0.4 is 11.1 Å². The summed E-state index contributed by atoms with van der Waals surface area (Å²) in [6.07, 6.45) is 2.38. The first kappa shape index (κ1) is 12.8. The lowest BCUT2D eigenvalue weighted by Gasteiger charge is -2.12. The largest absolute Gasteiger partial charge is 0.396 e. The molecule has 3 nitrogen and oxygen atoms in total. The molecule has 2 rings (SSSR count). The van der Waals surface area contributed by atoms with E-state index in [4.69, 9.17) is 5.73 Å². The Labute approximate surface area is 104 Å². The smallest absolute Gasteiger partial charge is 0.254 e. The minimum absolute atomic E-state index is 0.211. The molecule has 0 saturated heterocycles. The van der Waals surface area contributed by atoms with Gasteiger partial charge in [0, 0.05) is 12.6 Å². The molecule has 1 amide bonds. The molecule has 0 heterocycles. The van der Waals surface area contributed by atoms with Crippen LogP contribution in [0.25, 0.3) is 0 Å². The van der Waals surface area contributed by atoms with Gasteiger partial charge in [0.05, 0.1) is 11.3 Å². The first-order valence-electron chi connectivity index (χ1n) is 6.01. The summed E-state index contributed by atoms with van der Waals surface area (Å²) in [7, 11) is 0. The molecule has 0 spiro atoms. The van der Waals surface area contributed by atoms with Crippen molar-refractivity contribution in [3.05, 3.63) is 29.3 Å². The topological polar surface area (TPSA) is 55.1 Å². The minimum atomic E-state index is -0.890. The van der Waals surface area contributed by atoms with E-state index in [1.165, 1.54) is 12.8 Å². The average Bonchev–Trinajstić information content (AvgIpc) is 3.14. The van der Waals surface area contributed by atoms with E-state index in [9.17, 15) is 13.6 Å². The number of anilines is 1. The zero-order chi connectivity index (χ0) is 13.3. The normalized spacial score (nSPS) is 16.4. The van der Waals surface area contributed by atoms with E-state index in [2.05, 4.69) is 5.32 Å². The van der Waals surface area contributed by atoms with Gasteiger partial charge in [0.25, 0.3) is 5.91 Å². The van der Waals surface area contributed by atoms with Gasteiger partial charge >= 0.3 is 0 Å². The van der Waals surface area contributed by atoms with E-state index in [0.29, 0.717) is 24.4 Å². The van der Waals surface area contributed by atoms with Crippen LogP contribution in [0.15, 0.2) is 12.1 Å². The maximum atomic E-state index is 13.4. The van der Waals surface area contributed by atoms with Gasteiger partial charge in [0.15, 0.2) is 0 Å². The molecular formula is C13H16F2N2O. The highest BCUT2D eigenvalue weighted by atomic mass is 19.1. The van der Waals surface area contributed by atoms with Gasteiger partial charge in [0.1, 0.15) is 11.6 Å². The highest BCUT2D eigenvalue weighted by Gasteiger charge is 2.28. The standard InChI is InChI=1S/C13H16F2N2O/c1-7(8-2-3-8)6-17-13(18)9-4-12(16)11(15)5-10(9)14/h4-5,7-8H,2-3,6,16H2,1H3,(H,17,18). The number of amides is 1. The van der Waals surface area contributed by atoms with Crippen molar-refractivity contribution >= 4 is 11.6 Å². The van der Waals surface area contributed by atoms with Gasteiger partial charge in [-0.15, -0.1) is 0 Å². The molecule has 1 unspecified atom stereocenters. The fraction of sp³-hybridized carbons (Fsp3) is 0.462. The molecule has 1 saturated carbocycles. The number of nitrogens with one attached hydrogen (secondary N) is 1. The van der Waals surface area contributed by atoms with Gasteiger partial charge in [-0.05, 0) is 30.7 Å². The second kappa shape index (κ2) is 4.92. The van der Waals surface area contributed by atoms with Crippen molar-refractivity contribution in [2.45, 2.75) is 19.8 Å². The van der Waals surface area contributed by atoms with E-state index in [-0.39, 0.29) is 11.3 Å². The van der Waals surface area contributed by atoms with Crippen molar-refractivity contribution in [1.82, 2.24) is 5.32 Å². The third-order valence-electron chi connectivity index (χ3n) is 3.34. The molecule has 98 valence electrons. The lowest BCUT2D eigenvalue weighted by Crippen LogP contribution is -2.29. The fourth-order valence-corrected chi connectivity index (χ4v) is 1.92. The number of halogens is 2. The van der Waals surface area contributed by atoms with Gasteiger partial charge in [0.2, 0.25) is 0 Å². The third-order valence-corrected chi connectivity index (χ3v) is 3.34. The minimum Gasteiger partial charge on any atom is -0.396 e. The molecule has 0 aliphatic heterocycles. The van der Waals surface area contributed by atoms with E-state index in [1.54, 1.807) is 0 Å². The summed E-state index contributed by atoms with van der Waals surface area (Å²) in [6.45, 7) is 2.55. The molecule has 1 aliphatic carbocycles. The van der Waals surface area contributed by atoms with Crippen LogP contribution in [0.4, 0.5) is 14.5 Å².